The summed E-state index contributed by atoms with van der Waals surface area (Å²) in [6, 6.07) is 2.93. The molecule has 0 spiro atoms. The Kier molecular flexibility index (Phi) is 3.91. The second-order valence-corrected chi connectivity index (χ2v) is 4.75. The van der Waals surface area contributed by atoms with Crippen LogP contribution in [0, 0.1) is 16.7 Å². The molecule has 0 N–H and O–H groups in total. The zero-order valence-corrected chi connectivity index (χ0v) is 9.42. The van der Waals surface area contributed by atoms with Gasteiger partial charge in [0.15, 0.2) is 0 Å². The summed E-state index contributed by atoms with van der Waals surface area (Å²) in [4.78, 5) is 2.30. The standard InChI is InChI=1S/C11H20N2O/c1-11(2,8-12)9-13(3)10-4-6-14-7-5-10/h10H,4-7,9H2,1-3H3. The maximum absolute atomic E-state index is 8.94. The molecule has 0 radical (unpaired) electrons. The van der Waals surface area contributed by atoms with Crippen LogP contribution in [0.3, 0.4) is 0 Å². The van der Waals surface area contributed by atoms with Crippen molar-refractivity contribution in [2.45, 2.75) is 32.7 Å². The molecule has 0 aromatic rings. The molecule has 3 heteroatoms. The van der Waals surface area contributed by atoms with Crippen molar-refractivity contribution in [3.05, 3.63) is 0 Å². The molecule has 1 saturated heterocycles. The lowest BCUT2D eigenvalue weighted by atomic mass is 9.94. The topological polar surface area (TPSA) is 36.3 Å². The van der Waals surface area contributed by atoms with E-state index in [-0.39, 0.29) is 5.41 Å². The minimum atomic E-state index is -0.243. The summed E-state index contributed by atoms with van der Waals surface area (Å²) in [5, 5.41) is 8.94. The third kappa shape index (κ3) is 3.28. The van der Waals surface area contributed by atoms with E-state index in [4.69, 9.17) is 10.00 Å². The number of ether oxygens (including phenoxy) is 1. The average Bonchev–Trinajstić information content (AvgIpc) is 2.19. The van der Waals surface area contributed by atoms with Crippen LogP contribution in [0.2, 0.25) is 0 Å². The maximum Gasteiger partial charge on any atom is 0.0697 e. The van der Waals surface area contributed by atoms with Crippen LogP contribution in [0.15, 0.2) is 0 Å². The normalized spacial score (nSPS) is 19.6. The van der Waals surface area contributed by atoms with Gasteiger partial charge in [0.05, 0.1) is 11.5 Å². The third-order valence-corrected chi connectivity index (χ3v) is 2.76. The van der Waals surface area contributed by atoms with Crippen molar-refractivity contribution < 1.29 is 4.74 Å². The van der Waals surface area contributed by atoms with E-state index in [0.29, 0.717) is 6.04 Å². The molecule has 0 saturated carbocycles. The fourth-order valence-corrected chi connectivity index (χ4v) is 1.91. The Morgan fingerprint density at radius 1 is 1.43 bits per heavy atom. The van der Waals surface area contributed by atoms with Crippen LogP contribution >= 0.6 is 0 Å². The summed E-state index contributed by atoms with van der Waals surface area (Å²) < 4.78 is 5.31. The van der Waals surface area contributed by atoms with E-state index in [1.807, 2.05) is 13.8 Å². The van der Waals surface area contributed by atoms with Gasteiger partial charge in [0.25, 0.3) is 0 Å². The van der Waals surface area contributed by atoms with Crippen LogP contribution in [0.25, 0.3) is 0 Å². The molecule has 0 unspecified atom stereocenters. The highest BCUT2D eigenvalue weighted by Crippen LogP contribution is 2.19. The smallest absolute Gasteiger partial charge is 0.0697 e. The Balaban J connectivity index is 2.41. The van der Waals surface area contributed by atoms with Crippen LogP contribution in [0.4, 0.5) is 0 Å². The predicted octanol–water partition coefficient (Wildman–Crippen LogP) is 1.65. The first-order chi connectivity index (χ1) is 6.55. The van der Waals surface area contributed by atoms with Gasteiger partial charge in [-0.3, -0.25) is 0 Å². The van der Waals surface area contributed by atoms with Gasteiger partial charge in [-0.15, -0.1) is 0 Å². The Morgan fingerprint density at radius 2 is 2.00 bits per heavy atom. The first-order valence-electron chi connectivity index (χ1n) is 5.24. The summed E-state index contributed by atoms with van der Waals surface area (Å²) >= 11 is 0. The van der Waals surface area contributed by atoms with Crippen molar-refractivity contribution in [1.82, 2.24) is 4.90 Å². The number of rotatable bonds is 3. The molecular formula is C11H20N2O. The lowest BCUT2D eigenvalue weighted by molar-refractivity contribution is 0.0360. The molecule has 0 amide bonds. The third-order valence-electron chi connectivity index (χ3n) is 2.76. The Bertz CT molecular complexity index is 214. The monoisotopic (exact) mass is 196 g/mol. The maximum atomic E-state index is 8.94. The number of hydrogen-bond donors (Lipinski definition) is 0. The van der Waals surface area contributed by atoms with Crippen molar-refractivity contribution in [1.29, 1.82) is 5.26 Å². The van der Waals surface area contributed by atoms with Gasteiger partial charge in [-0.05, 0) is 33.7 Å². The second-order valence-electron chi connectivity index (χ2n) is 4.75. The Labute approximate surface area is 86.6 Å². The molecule has 0 bridgehead atoms. The first-order valence-corrected chi connectivity index (χ1v) is 5.24. The lowest BCUT2D eigenvalue weighted by Crippen LogP contribution is -2.41. The minimum Gasteiger partial charge on any atom is -0.381 e. The zero-order valence-electron chi connectivity index (χ0n) is 9.42. The van der Waals surface area contributed by atoms with Crippen molar-refractivity contribution in [2.75, 3.05) is 26.8 Å². The number of hydrogen-bond acceptors (Lipinski definition) is 3. The van der Waals surface area contributed by atoms with Crippen LogP contribution in [0.1, 0.15) is 26.7 Å². The summed E-state index contributed by atoms with van der Waals surface area (Å²) in [7, 11) is 2.11. The van der Waals surface area contributed by atoms with Crippen LogP contribution in [-0.2, 0) is 4.74 Å². The Hall–Kier alpha value is -0.590. The van der Waals surface area contributed by atoms with Gasteiger partial charge in [-0.1, -0.05) is 0 Å². The highest BCUT2D eigenvalue weighted by Gasteiger charge is 2.25. The summed E-state index contributed by atoms with van der Waals surface area (Å²) in [6.07, 6.45) is 2.19. The fourth-order valence-electron chi connectivity index (χ4n) is 1.91. The quantitative estimate of drug-likeness (QED) is 0.688. The molecule has 1 heterocycles. The van der Waals surface area contributed by atoms with Gasteiger partial charge in [-0.2, -0.15) is 5.26 Å². The molecule has 1 fully saturated rings. The predicted molar refractivity (Wildman–Crippen MR) is 55.9 cm³/mol. The summed E-state index contributed by atoms with van der Waals surface area (Å²) in [6.45, 7) is 6.55. The lowest BCUT2D eigenvalue weighted by Gasteiger charge is -2.34. The summed E-state index contributed by atoms with van der Waals surface area (Å²) in [5.41, 5.74) is -0.243. The van der Waals surface area contributed by atoms with Gasteiger partial charge >= 0.3 is 0 Å². The molecule has 0 aromatic heterocycles. The van der Waals surface area contributed by atoms with Crippen molar-refractivity contribution in [3.63, 3.8) is 0 Å². The molecule has 1 aliphatic rings. The van der Waals surface area contributed by atoms with E-state index in [2.05, 4.69) is 18.0 Å². The van der Waals surface area contributed by atoms with Crippen molar-refractivity contribution in [2.24, 2.45) is 5.41 Å². The highest BCUT2D eigenvalue weighted by molar-refractivity contribution is 4.94. The zero-order chi connectivity index (χ0) is 10.6. The molecule has 0 atom stereocenters. The van der Waals surface area contributed by atoms with Gasteiger partial charge < -0.3 is 9.64 Å². The molecule has 14 heavy (non-hydrogen) atoms. The van der Waals surface area contributed by atoms with E-state index in [1.165, 1.54) is 0 Å². The molecule has 3 nitrogen and oxygen atoms in total. The fraction of sp³-hybridized carbons (Fsp3) is 0.909. The van der Waals surface area contributed by atoms with Crippen LogP contribution in [-0.4, -0.2) is 37.7 Å². The molecule has 0 aliphatic carbocycles. The molecular weight excluding hydrogens is 176 g/mol. The average molecular weight is 196 g/mol. The van der Waals surface area contributed by atoms with Gasteiger partial charge in [0.1, 0.15) is 0 Å². The van der Waals surface area contributed by atoms with Gasteiger partial charge in [-0.25, -0.2) is 0 Å². The van der Waals surface area contributed by atoms with E-state index in [9.17, 15) is 0 Å². The Morgan fingerprint density at radius 3 is 2.50 bits per heavy atom. The SMILES string of the molecule is CN(CC(C)(C)C#N)C1CCOCC1. The van der Waals surface area contributed by atoms with E-state index in [1.54, 1.807) is 0 Å². The van der Waals surface area contributed by atoms with Gasteiger partial charge in [0, 0.05) is 25.8 Å². The first kappa shape index (κ1) is 11.5. The van der Waals surface area contributed by atoms with E-state index >= 15 is 0 Å². The van der Waals surface area contributed by atoms with Crippen molar-refractivity contribution in [3.8, 4) is 6.07 Å². The molecule has 0 aromatic carbocycles. The molecule has 80 valence electrons. The number of nitrogens with zero attached hydrogens (tertiary/aromatic N) is 2. The van der Waals surface area contributed by atoms with Crippen LogP contribution in [0.5, 0.6) is 0 Å². The second kappa shape index (κ2) is 4.77. The van der Waals surface area contributed by atoms with Gasteiger partial charge in [0.2, 0.25) is 0 Å². The van der Waals surface area contributed by atoms with Crippen molar-refractivity contribution >= 4 is 0 Å². The van der Waals surface area contributed by atoms with E-state index in [0.717, 1.165) is 32.6 Å². The van der Waals surface area contributed by atoms with Crippen LogP contribution < -0.4 is 0 Å². The molecule has 1 rings (SSSR count). The largest absolute Gasteiger partial charge is 0.381 e. The van der Waals surface area contributed by atoms with E-state index < -0.39 is 0 Å². The summed E-state index contributed by atoms with van der Waals surface area (Å²) in [5.74, 6) is 0. The molecule has 1 aliphatic heterocycles. The number of nitriles is 1. The highest BCUT2D eigenvalue weighted by atomic mass is 16.5. The minimum absolute atomic E-state index is 0.243.